The zero-order valence-electron chi connectivity index (χ0n) is 10.5. The molecule has 0 fully saturated rings. The third kappa shape index (κ3) is 2.35. The van der Waals surface area contributed by atoms with Gasteiger partial charge in [0.25, 0.3) is 0 Å². The molecule has 0 spiro atoms. The normalized spacial score (nSPS) is 18.4. The molecule has 100 valence electrons. The van der Waals surface area contributed by atoms with Gasteiger partial charge in [-0.15, -0.1) is 11.3 Å². The molecule has 1 unspecified atom stereocenters. The van der Waals surface area contributed by atoms with Crippen molar-refractivity contribution in [2.45, 2.75) is 32.1 Å². The lowest BCUT2D eigenvalue weighted by Crippen LogP contribution is -2.09. The van der Waals surface area contributed by atoms with Gasteiger partial charge < -0.3 is 5.73 Å². The number of hydrogen-bond donors (Lipinski definition) is 1. The quantitative estimate of drug-likeness (QED) is 0.820. The molecule has 1 aliphatic carbocycles. The molecule has 1 atom stereocenters. The number of nitrogens with zero attached hydrogens (tertiary/aromatic N) is 1. The molecule has 2 nitrogen and oxygen atoms in total. The number of nitrogens with two attached hydrogens (primary N) is 1. The van der Waals surface area contributed by atoms with Gasteiger partial charge in [-0.1, -0.05) is 23.2 Å². The maximum absolute atomic E-state index is 6.40. The Morgan fingerprint density at radius 3 is 2.89 bits per heavy atom. The number of rotatable bonds is 1. The smallest absolute Gasteiger partial charge is 0.180 e. The predicted molar refractivity (Wildman–Crippen MR) is 82.5 cm³/mol. The van der Waals surface area contributed by atoms with Crippen LogP contribution in [-0.4, -0.2) is 4.98 Å². The van der Waals surface area contributed by atoms with Crippen molar-refractivity contribution >= 4 is 39.7 Å². The molecule has 1 aromatic carbocycles. The molecule has 1 aromatic heterocycles. The molecular weight excluding hydrogens is 299 g/mol. The van der Waals surface area contributed by atoms with Gasteiger partial charge in [0.1, 0.15) is 0 Å². The zero-order chi connectivity index (χ0) is 13.6. The Balaban J connectivity index is 2.11. The third-order valence-corrected chi connectivity index (χ3v) is 5.40. The van der Waals surface area contributed by atoms with Gasteiger partial charge in [0.15, 0.2) is 5.13 Å². The Labute approximate surface area is 126 Å². The lowest BCUT2D eigenvalue weighted by Gasteiger charge is -2.23. The first kappa shape index (κ1) is 13.2. The largest absolute Gasteiger partial charge is 0.375 e. The van der Waals surface area contributed by atoms with Crippen LogP contribution in [0.15, 0.2) is 12.1 Å². The van der Waals surface area contributed by atoms with Crippen LogP contribution in [0.2, 0.25) is 10.0 Å². The molecule has 2 aromatic rings. The molecule has 19 heavy (non-hydrogen) atoms. The Hall–Kier alpha value is -0.770. The van der Waals surface area contributed by atoms with Crippen molar-refractivity contribution in [2.75, 3.05) is 5.73 Å². The van der Waals surface area contributed by atoms with Crippen molar-refractivity contribution in [3.8, 4) is 0 Å². The van der Waals surface area contributed by atoms with E-state index in [1.54, 1.807) is 11.3 Å². The van der Waals surface area contributed by atoms with Gasteiger partial charge in [-0.3, -0.25) is 0 Å². The Morgan fingerprint density at radius 2 is 2.11 bits per heavy atom. The van der Waals surface area contributed by atoms with Crippen molar-refractivity contribution in [1.29, 1.82) is 0 Å². The SMILES string of the molecule is Cc1cc(Cl)c(C2CCCc3nc(N)sc32)cc1Cl. The molecule has 0 amide bonds. The summed E-state index contributed by atoms with van der Waals surface area (Å²) in [7, 11) is 0. The molecule has 5 heteroatoms. The van der Waals surface area contributed by atoms with Crippen molar-refractivity contribution < 1.29 is 0 Å². The number of halogens is 2. The third-order valence-electron chi connectivity index (χ3n) is 3.62. The highest BCUT2D eigenvalue weighted by molar-refractivity contribution is 7.15. The van der Waals surface area contributed by atoms with Crippen molar-refractivity contribution in [2.24, 2.45) is 0 Å². The highest BCUT2D eigenvalue weighted by Gasteiger charge is 2.27. The van der Waals surface area contributed by atoms with Gasteiger partial charge in [-0.25, -0.2) is 4.98 Å². The molecule has 0 aliphatic heterocycles. The van der Waals surface area contributed by atoms with Crippen LogP contribution in [-0.2, 0) is 6.42 Å². The van der Waals surface area contributed by atoms with E-state index in [4.69, 9.17) is 28.9 Å². The average Bonchev–Trinajstić information content (AvgIpc) is 2.74. The summed E-state index contributed by atoms with van der Waals surface area (Å²) in [6.07, 6.45) is 3.20. The minimum Gasteiger partial charge on any atom is -0.375 e. The number of aromatic nitrogens is 1. The van der Waals surface area contributed by atoms with Crippen LogP contribution in [0.3, 0.4) is 0 Å². The van der Waals surface area contributed by atoms with Crippen molar-refractivity contribution in [3.63, 3.8) is 0 Å². The fourth-order valence-electron chi connectivity index (χ4n) is 2.66. The van der Waals surface area contributed by atoms with E-state index in [0.29, 0.717) is 5.13 Å². The second-order valence-corrected chi connectivity index (χ2v) is 6.81. The molecular formula is C14H14Cl2N2S. The van der Waals surface area contributed by atoms with Crippen molar-refractivity contribution in [1.82, 2.24) is 4.98 Å². The first-order chi connectivity index (χ1) is 9.06. The Bertz CT molecular complexity index is 637. The zero-order valence-corrected chi connectivity index (χ0v) is 12.9. The second kappa shape index (κ2) is 4.97. The van der Waals surface area contributed by atoms with E-state index >= 15 is 0 Å². The van der Waals surface area contributed by atoms with Gasteiger partial charge in [0.05, 0.1) is 5.69 Å². The summed E-state index contributed by atoms with van der Waals surface area (Å²) in [5, 5.41) is 2.20. The van der Waals surface area contributed by atoms with Crippen LogP contribution < -0.4 is 5.73 Å². The van der Waals surface area contributed by atoms with Gasteiger partial charge in [-0.2, -0.15) is 0 Å². The number of benzene rings is 1. The molecule has 0 bridgehead atoms. The Kier molecular flexibility index (Phi) is 3.46. The molecule has 1 heterocycles. The Morgan fingerprint density at radius 1 is 1.32 bits per heavy atom. The highest BCUT2D eigenvalue weighted by Crippen LogP contribution is 2.43. The molecule has 0 saturated heterocycles. The van der Waals surface area contributed by atoms with E-state index < -0.39 is 0 Å². The highest BCUT2D eigenvalue weighted by atomic mass is 35.5. The van der Waals surface area contributed by atoms with Gasteiger partial charge >= 0.3 is 0 Å². The van der Waals surface area contributed by atoms with Crippen LogP contribution in [0, 0.1) is 6.92 Å². The number of nitrogen functional groups attached to an aromatic ring is 1. The van der Waals surface area contributed by atoms with Crippen LogP contribution >= 0.6 is 34.5 Å². The van der Waals surface area contributed by atoms with Crippen LogP contribution in [0.5, 0.6) is 0 Å². The maximum atomic E-state index is 6.40. The lowest BCUT2D eigenvalue weighted by molar-refractivity contribution is 0.617. The summed E-state index contributed by atoms with van der Waals surface area (Å²) in [6, 6.07) is 3.94. The van der Waals surface area contributed by atoms with Gasteiger partial charge in [-0.05, 0) is 49.4 Å². The second-order valence-electron chi connectivity index (χ2n) is 4.93. The van der Waals surface area contributed by atoms with Gasteiger partial charge in [0.2, 0.25) is 0 Å². The summed E-state index contributed by atoms with van der Waals surface area (Å²) < 4.78 is 0. The van der Waals surface area contributed by atoms with Crippen LogP contribution in [0.4, 0.5) is 5.13 Å². The number of hydrogen-bond acceptors (Lipinski definition) is 3. The summed E-state index contributed by atoms with van der Waals surface area (Å²) in [5.74, 6) is 0.282. The fraction of sp³-hybridized carbons (Fsp3) is 0.357. The molecule has 0 radical (unpaired) electrons. The first-order valence-electron chi connectivity index (χ1n) is 6.27. The number of anilines is 1. The van der Waals surface area contributed by atoms with E-state index in [-0.39, 0.29) is 5.92 Å². The minimum absolute atomic E-state index is 0.282. The number of thiazole rings is 1. The van der Waals surface area contributed by atoms with E-state index in [9.17, 15) is 0 Å². The number of aryl methyl sites for hydroxylation is 2. The van der Waals surface area contributed by atoms with E-state index in [2.05, 4.69) is 4.98 Å². The first-order valence-corrected chi connectivity index (χ1v) is 7.84. The minimum atomic E-state index is 0.282. The van der Waals surface area contributed by atoms with Gasteiger partial charge in [0, 0.05) is 20.8 Å². The standard InChI is InChI=1S/C14H14Cl2N2S/c1-7-5-11(16)9(6-10(7)15)8-3-2-4-12-13(8)19-14(17)18-12/h5-6,8H,2-4H2,1H3,(H2,17,18). The molecule has 0 saturated carbocycles. The van der Waals surface area contributed by atoms with Crippen LogP contribution in [0.25, 0.3) is 0 Å². The van der Waals surface area contributed by atoms with Crippen LogP contribution in [0.1, 0.15) is 40.5 Å². The summed E-state index contributed by atoms with van der Waals surface area (Å²) in [4.78, 5) is 5.67. The average molecular weight is 313 g/mol. The van der Waals surface area contributed by atoms with E-state index in [1.807, 2.05) is 19.1 Å². The number of fused-ring (bicyclic) bond motifs is 1. The summed E-state index contributed by atoms with van der Waals surface area (Å²) in [6.45, 7) is 1.97. The van der Waals surface area contributed by atoms with Crippen molar-refractivity contribution in [3.05, 3.63) is 43.9 Å². The summed E-state index contributed by atoms with van der Waals surface area (Å²) in [5.41, 5.74) is 9.08. The monoisotopic (exact) mass is 312 g/mol. The van der Waals surface area contributed by atoms with E-state index in [0.717, 1.165) is 46.1 Å². The lowest BCUT2D eigenvalue weighted by atomic mass is 9.86. The fourth-order valence-corrected chi connectivity index (χ4v) is 4.22. The molecule has 3 rings (SSSR count). The maximum Gasteiger partial charge on any atom is 0.180 e. The molecule has 1 aliphatic rings. The molecule has 2 N–H and O–H groups in total. The predicted octanol–water partition coefficient (Wildman–Crippen LogP) is 4.81. The topological polar surface area (TPSA) is 38.9 Å². The van der Waals surface area contributed by atoms with E-state index in [1.165, 1.54) is 4.88 Å². The summed E-state index contributed by atoms with van der Waals surface area (Å²) >= 11 is 14.2.